The summed E-state index contributed by atoms with van der Waals surface area (Å²) in [4.78, 5) is 41.9. The second-order valence-corrected chi connectivity index (χ2v) is 6.62. The van der Waals surface area contributed by atoms with Crippen molar-refractivity contribution in [2.45, 2.75) is 33.2 Å². The van der Waals surface area contributed by atoms with Crippen LogP contribution in [0.4, 0.5) is 0 Å². The molecule has 1 unspecified atom stereocenters. The Balaban J connectivity index is 1.71. The molecule has 1 aliphatic heterocycles. The third kappa shape index (κ3) is 3.40. The number of fused-ring (bicyclic) bond motifs is 1. The molecule has 0 spiro atoms. The Labute approximate surface area is 150 Å². The van der Waals surface area contributed by atoms with E-state index < -0.39 is 0 Å². The van der Waals surface area contributed by atoms with E-state index in [4.69, 9.17) is 0 Å². The number of hydrogen-bond acceptors (Lipinski definition) is 4. The Morgan fingerprint density at radius 2 is 2.23 bits per heavy atom. The molecule has 1 atom stereocenters. The van der Waals surface area contributed by atoms with Gasteiger partial charge in [-0.3, -0.25) is 19.5 Å². The van der Waals surface area contributed by atoms with Crippen LogP contribution in [0.1, 0.15) is 29.8 Å². The van der Waals surface area contributed by atoms with Gasteiger partial charge in [-0.2, -0.15) is 0 Å². The average molecular weight is 357 g/mol. The SMILES string of the molecule is C=CC(=O)N1CCCC(C(=O)NCc2c(C)nc3cc(=O)[nH]n3c2C)C1. The molecule has 138 valence electrons. The number of aromatic nitrogens is 3. The van der Waals surface area contributed by atoms with E-state index >= 15 is 0 Å². The minimum atomic E-state index is -0.226. The van der Waals surface area contributed by atoms with Gasteiger partial charge < -0.3 is 10.2 Å². The summed E-state index contributed by atoms with van der Waals surface area (Å²) < 4.78 is 1.63. The van der Waals surface area contributed by atoms with Crippen LogP contribution in [-0.4, -0.2) is 44.4 Å². The molecule has 2 amide bonds. The quantitative estimate of drug-likeness (QED) is 0.786. The molecule has 0 radical (unpaired) electrons. The van der Waals surface area contributed by atoms with Crippen molar-refractivity contribution >= 4 is 17.5 Å². The number of nitrogens with one attached hydrogen (secondary N) is 2. The summed E-state index contributed by atoms with van der Waals surface area (Å²) in [6, 6.07) is 1.44. The third-order valence-corrected chi connectivity index (χ3v) is 4.92. The van der Waals surface area contributed by atoms with E-state index in [0.29, 0.717) is 25.3 Å². The zero-order chi connectivity index (χ0) is 18.8. The molecule has 2 aromatic heterocycles. The molecule has 0 aromatic carbocycles. The number of amides is 2. The van der Waals surface area contributed by atoms with E-state index in [-0.39, 0.29) is 23.3 Å². The first-order valence-corrected chi connectivity index (χ1v) is 8.67. The van der Waals surface area contributed by atoms with E-state index in [9.17, 15) is 14.4 Å². The van der Waals surface area contributed by atoms with Crippen LogP contribution in [-0.2, 0) is 16.1 Å². The summed E-state index contributed by atoms with van der Waals surface area (Å²) in [6.45, 7) is 8.64. The van der Waals surface area contributed by atoms with Crippen LogP contribution in [0.2, 0.25) is 0 Å². The average Bonchev–Trinajstić information content (AvgIpc) is 3.01. The summed E-state index contributed by atoms with van der Waals surface area (Å²) in [5.74, 6) is -0.441. The first-order chi connectivity index (χ1) is 12.4. The fraction of sp³-hybridized carbons (Fsp3) is 0.444. The van der Waals surface area contributed by atoms with Crippen LogP contribution in [0.5, 0.6) is 0 Å². The highest BCUT2D eigenvalue weighted by Crippen LogP contribution is 2.18. The molecule has 0 saturated carbocycles. The van der Waals surface area contributed by atoms with Crippen molar-refractivity contribution in [2.24, 2.45) is 5.92 Å². The lowest BCUT2D eigenvalue weighted by molar-refractivity contribution is -0.132. The molecule has 8 heteroatoms. The molecular weight excluding hydrogens is 334 g/mol. The Hall–Kier alpha value is -2.90. The standard InChI is InChI=1S/C18H23N5O3/c1-4-17(25)22-7-5-6-13(10-22)18(26)19-9-14-11(2)20-15-8-16(24)21-23(15)12(14)3/h4,8,13H,1,5-7,9-10H2,2-3H3,(H,19,26)(H,21,24). The number of aryl methyl sites for hydroxylation is 2. The van der Waals surface area contributed by atoms with Crippen LogP contribution in [0.25, 0.3) is 5.65 Å². The third-order valence-electron chi connectivity index (χ3n) is 4.92. The molecule has 3 heterocycles. The Morgan fingerprint density at radius 1 is 1.46 bits per heavy atom. The summed E-state index contributed by atoms with van der Waals surface area (Å²) in [7, 11) is 0. The van der Waals surface area contributed by atoms with Gasteiger partial charge in [0.15, 0.2) is 5.65 Å². The Bertz CT molecular complexity index is 927. The molecule has 1 saturated heterocycles. The largest absolute Gasteiger partial charge is 0.352 e. The van der Waals surface area contributed by atoms with Crippen molar-refractivity contribution in [3.8, 4) is 0 Å². The van der Waals surface area contributed by atoms with Crippen LogP contribution in [0.15, 0.2) is 23.5 Å². The molecule has 3 rings (SSSR count). The van der Waals surface area contributed by atoms with Crippen LogP contribution >= 0.6 is 0 Å². The number of piperidine rings is 1. The number of nitrogens with zero attached hydrogens (tertiary/aromatic N) is 3. The van der Waals surface area contributed by atoms with E-state index in [1.54, 1.807) is 9.42 Å². The summed E-state index contributed by atoms with van der Waals surface area (Å²) >= 11 is 0. The molecule has 0 bridgehead atoms. The molecule has 8 nitrogen and oxygen atoms in total. The second-order valence-electron chi connectivity index (χ2n) is 6.62. The van der Waals surface area contributed by atoms with E-state index in [2.05, 4.69) is 22.0 Å². The number of likely N-dealkylation sites (tertiary alicyclic amines) is 1. The maximum absolute atomic E-state index is 12.6. The van der Waals surface area contributed by atoms with E-state index in [1.807, 2.05) is 13.8 Å². The Morgan fingerprint density at radius 3 is 2.96 bits per heavy atom. The Kier molecular flexibility index (Phi) is 4.92. The molecule has 2 N–H and O–H groups in total. The predicted molar refractivity (Wildman–Crippen MR) is 96.6 cm³/mol. The van der Waals surface area contributed by atoms with Gasteiger partial charge in [0.1, 0.15) is 0 Å². The fourth-order valence-electron chi connectivity index (χ4n) is 3.45. The number of rotatable bonds is 4. The predicted octanol–water partition coefficient (Wildman–Crippen LogP) is 0.680. The molecule has 1 aliphatic rings. The molecule has 2 aromatic rings. The lowest BCUT2D eigenvalue weighted by atomic mass is 9.97. The van der Waals surface area contributed by atoms with Crippen molar-refractivity contribution in [3.05, 3.63) is 46.0 Å². The first-order valence-electron chi connectivity index (χ1n) is 8.67. The monoisotopic (exact) mass is 357 g/mol. The van der Waals surface area contributed by atoms with Gasteiger partial charge in [0.2, 0.25) is 11.8 Å². The van der Waals surface area contributed by atoms with Crippen LogP contribution in [0, 0.1) is 19.8 Å². The molecule has 26 heavy (non-hydrogen) atoms. The van der Waals surface area contributed by atoms with Crippen molar-refractivity contribution in [3.63, 3.8) is 0 Å². The highest BCUT2D eigenvalue weighted by atomic mass is 16.2. The van der Waals surface area contributed by atoms with Crippen LogP contribution < -0.4 is 10.9 Å². The van der Waals surface area contributed by atoms with E-state index in [1.165, 1.54) is 12.1 Å². The van der Waals surface area contributed by atoms with Gasteiger partial charge >= 0.3 is 0 Å². The summed E-state index contributed by atoms with van der Waals surface area (Å²) in [5.41, 5.74) is 2.82. The van der Waals surface area contributed by atoms with Gasteiger partial charge in [-0.1, -0.05) is 6.58 Å². The van der Waals surface area contributed by atoms with Gasteiger partial charge in [-0.25, -0.2) is 9.50 Å². The van der Waals surface area contributed by atoms with Crippen molar-refractivity contribution < 1.29 is 9.59 Å². The van der Waals surface area contributed by atoms with Crippen molar-refractivity contribution in [1.82, 2.24) is 24.8 Å². The minimum absolute atomic E-state index is 0.0774. The van der Waals surface area contributed by atoms with E-state index in [0.717, 1.165) is 29.8 Å². The van der Waals surface area contributed by atoms with Gasteiger partial charge in [0.25, 0.3) is 5.56 Å². The highest BCUT2D eigenvalue weighted by Gasteiger charge is 2.27. The van der Waals surface area contributed by atoms with Gasteiger partial charge in [-0.15, -0.1) is 0 Å². The molecular formula is C18H23N5O3. The molecule has 0 aliphatic carbocycles. The number of H-pyrrole nitrogens is 1. The maximum Gasteiger partial charge on any atom is 0.266 e. The lowest BCUT2D eigenvalue weighted by Gasteiger charge is -2.31. The highest BCUT2D eigenvalue weighted by molar-refractivity contribution is 5.88. The zero-order valence-electron chi connectivity index (χ0n) is 15.0. The normalized spacial score (nSPS) is 17.3. The number of aromatic amines is 1. The zero-order valence-corrected chi connectivity index (χ0v) is 15.0. The number of carbonyl (C=O) groups is 2. The fourth-order valence-corrected chi connectivity index (χ4v) is 3.45. The van der Waals surface area contributed by atoms with Gasteiger partial charge in [-0.05, 0) is 32.8 Å². The number of hydrogen-bond donors (Lipinski definition) is 2. The van der Waals surface area contributed by atoms with Gasteiger partial charge in [0, 0.05) is 42.7 Å². The van der Waals surface area contributed by atoms with Gasteiger partial charge in [0.05, 0.1) is 5.92 Å². The molecule has 1 fully saturated rings. The van der Waals surface area contributed by atoms with Crippen molar-refractivity contribution in [1.29, 1.82) is 0 Å². The second kappa shape index (κ2) is 7.15. The number of carbonyl (C=O) groups excluding carboxylic acids is 2. The summed E-state index contributed by atoms with van der Waals surface area (Å²) in [6.07, 6.45) is 2.84. The smallest absolute Gasteiger partial charge is 0.266 e. The minimum Gasteiger partial charge on any atom is -0.352 e. The topological polar surface area (TPSA) is 99.6 Å². The van der Waals surface area contributed by atoms with Crippen LogP contribution in [0.3, 0.4) is 0 Å². The lowest BCUT2D eigenvalue weighted by Crippen LogP contribution is -2.44. The maximum atomic E-state index is 12.6. The first kappa shape index (κ1) is 17.9. The summed E-state index contributed by atoms with van der Waals surface area (Å²) in [5, 5.41) is 5.65. The van der Waals surface area contributed by atoms with Crippen molar-refractivity contribution in [2.75, 3.05) is 13.1 Å².